The summed E-state index contributed by atoms with van der Waals surface area (Å²) in [4.78, 5) is 4.36. The van der Waals surface area contributed by atoms with E-state index in [1.165, 1.54) is 0 Å². The van der Waals surface area contributed by atoms with Crippen LogP contribution in [0.4, 0.5) is 0 Å². The fourth-order valence-corrected chi connectivity index (χ4v) is 4.45. The van der Waals surface area contributed by atoms with E-state index in [4.69, 9.17) is 27.9 Å². The lowest BCUT2D eigenvalue weighted by atomic mass is 10.1. The lowest BCUT2D eigenvalue weighted by molar-refractivity contribution is -0.0357. The number of halogens is 2. The minimum Gasteiger partial charge on any atom is -0.350 e. The largest absolute Gasteiger partial charge is 0.350 e. The zero-order valence-corrected chi connectivity index (χ0v) is 17.2. The Hall–Kier alpha value is -1.40. The maximum absolute atomic E-state index is 6.15. The summed E-state index contributed by atoms with van der Waals surface area (Å²) in [6.45, 7) is 6.91. The van der Waals surface area contributed by atoms with Gasteiger partial charge in [0, 0.05) is 43.8 Å². The number of aromatic amines is 1. The van der Waals surface area contributed by atoms with Crippen LogP contribution in [0.3, 0.4) is 0 Å². The zero-order chi connectivity index (χ0) is 18.7. The van der Waals surface area contributed by atoms with Crippen LogP contribution in [0.1, 0.15) is 26.3 Å². The van der Waals surface area contributed by atoms with Gasteiger partial charge in [-0.05, 0) is 50.6 Å². The first-order valence-electron chi connectivity index (χ1n) is 8.33. The van der Waals surface area contributed by atoms with Gasteiger partial charge >= 0.3 is 0 Å². The summed E-state index contributed by atoms with van der Waals surface area (Å²) in [6, 6.07) is 5.88. The molecule has 1 unspecified atom stereocenters. The van der Waals surface area contributed by atoms with E-state index in [0.717, 1.165) is 20.9 Å². The van der Waals surface area contributed by atoms with E-state index in [1.54, 1.807) is 24.0 Å². The third-order valence-electron chi connectivity index (χ3n) is 3.94. The molecule has 7 heteroatoms. The van der Waals surface area contributed by atoms with Crippen LogP contribution in [-0.4, -0.2) is 27.4 Å². The number of H-pyrrole nitrogens is 1. The van der Waals surface area contributed by atoms with Crippen molar-refractivity contribution >= 4 is 35.0 Å². The Morgan fingerprint density at radius 1 is 1.27 bits per heavy atom. The molecule has 2 heterocycles. The number of benzene rings is 1. The van der Waals surface area contributed by atoms with Crippen molar-refractivity contribution in [1.82, 2.24) is 15.1 Å². The van der Waals surface area contributed by atoms with Crippen molar-refractivity contribution in [3.05, 3.63) is 69.0 Å². The normalized spacial score (nSPS) is 17.5. The third-order valence-corrected chi connectivity index (χ3v) is 5.30. The lowest BCUT2D eigenvalue weighted by Gasteiger charge is -2.37. The predicted octanol–water partition coefficient (Wildman–Crippen LogP) is 5.86. The van der Waals surface area contributed by atoms with Crippen molar-refractivity contribution in [3.63, 3.8) is 0 Å². The molecule has 0 radical (unpaired) electrons. The van der Waals surface area contributed by atoms with Crippen LogP contribution in [-0.2, 0) is 11.3 Å². The molecule has 4 nitrogen and oxygen atoms in total. The Morgan fingerprint density at radius 3 is 2.62 bits per heavy atom. The number of thioether (sulfide) groups is 1. The van der Waals surface area contributed by atoms with Crippen molar-refractivity contribution in [2.24, 2.45) is 0 Å². The summed E-state index contributed by atoms with van der Waals surface area (Å²) in [7, 11) is 0. The standard InChI is InChI=1S/C19H21Cl2N3OS/c1-12(2)24-10-18(26-17-6-15(20)5-16(21)7-17)4-13(3)19(24)25-11-14-8-22-23-9-14/h4-10,12,19H,11H2,1-3H3,(H,22,23). The number of aromatic nitrogens is 2. The number of nitrogens with zero attached hydrogens (tertiary/aromatic N) is 2. The molecule has 0 bridgehead atoms. The summed E-state index contributed by atoms with van der Waals surface area (Å²) in [6.07, 6.45) is 7.82. The Balaban J connectivity index is 1.77. The van der Waals surface area contributed by atoms with Crippen molar-refractivity contribution in [1.29, 1.82) is 0 Å². The number of allylic oxidation sites excluding steroid dienone is 1. The van der Waals surface area contributed by atoms with E-state index in [1.807, 2.05) is 18.3 Å². The summed E-state index contributed by atoms with van der Waals surface area (Å²) in [5.74, 6) is 0. The number of hydrogen-bond donors (Lipinski definition) is 1. The predicted molar refractivity (Wildman–Crippen MR) is 108 cm³/mol. The van der Waals surface area contributed by atoms with Crippen LogP contribution in [0.5, 0.6) is 0 Å². The molecule has 0 fully saturated rings. The molecule has 1 aromatic heterocycles. The minimum absolute atomic E-state index is 0.0998. The van der Waals surface area contributed by atoms with Crippen molar-refractivity contribution in [2.45, 2.75) is 44.5 Å². The van der Waals surface area contributed by atoms with Gasteiger partial charge in [-0.3, -0.25) is 5.10 Å². The highest BCUT2D eigenvalue weighted by atomic mass is 35.5. The van der Waals surface area contributed by atoms with E-state index in [9.17, 15) is 0 Å². The van der Waals surface area contributed by atoms with E-state index in [0.29, 0.717) is 22.7 Å². The average Bonchev–Trinajstić information content (AvgIpc) is 3.05. The number of nitrogens with one attached hydrogen (secondary N) is 1. The molecule has 1 aliphatic heterocycles. The Labute approximate surface area is 168 Å². The van der Waals surface area contributed by atoms with E-state index < -0.39 is 0 Å². The maximum atomic E-state index is 6.15. The first-order valence-corrected chi connectivity index (χ1v) is 9.90. The molecule has 1 N–H and O–H groups in total. The molecular formula is C19H21Cl2N3OS. The second-order valence-corrected chi connectivity index (χ2v) is 8.46. The van der Waals surface area contributed by atoms with Gasteiger partial charge in [0.25, 0.3) is 0 Å². The first kappa shape index (κ1) is 19.4. The summed E-state index contributed by atoms with van der Waals surface area (Å²) < 4.78 is 6.15. The van der Waals surface area contributed by atoms with Crippen LogP contribution in [0.2, 0.25) is 10.0 Å². The van der Waals surface area contributed by atoms with Gasteiger partial charge in [0.1, 0.15) is 0 Å². The molecule has 0 saturated carbocycles. The zero-order valence-electron chi connectivity index (χ0n) is 14.9. The van der Waals surface area contributed by atoms with Crippen molar-refractivity contribution in [2.75, 3.05) is 0 Å². The molecule has 2 aromatic rings. The van der Waals surface area contributed by atoms with E-state index in [-0.39, 0.29) is 6.23 Å². The molecule has 0 saturated heterocycles. The topological polar surface area (TPSA) is 41.1 Å². The minimum atomic E-state index is -0.0998. The summed E-state index contributed by atoms with van der Waals surface area (Å²) in [5, 5.41) is 8.05. The highest BCUT2D eigenvalue weighted by Crippen LogP contribution is 2.36. The van der Waals surface area contributed by atoms with Crippen LogP contribution in [0.25, 0.3) is 0 Å². The Kier molecular flexibility index (Phi) is 6.35. The van der Waals surface area contributed by atoms with Gasteiger partial charge < -0.3 is 9.64 Å². The Morgan fingerprint density at radius 2 is 2.00 bits per heavy atom. The molecule has 0 aliphatic carbocycles. The fraction of sp³-hybridized carbons (Fsp3) is 0.316. The quantitative estimate of drug-likeness (QED) is 0.647. The highest BCUT2D eigenvalue weighted by molar-refractivity contribution is 8.03. The van der Waals surface area contributed by atoms with Gasteiger partial charge in [-0.2, -0.15) is 5.10 Å². The van der Waals surface area contributed by atoms with Gasteiger partial charge in [-0.15, -0.1) is 0 Å². The SMILES string of the molecule is CC1=CC(Sc2cc(Cl)cc(Cl)c2)=CN(C(C)C)C1OCc1cn[nH]c1. The van der Waals surface area contributed by atoms with Crippen LogP contribution >= 0.6 is 35.0 Å². The van der Waals surface area contributed by atoms with Crippen LogP contribution < -0.4 is 0 Å². The maximum Gasteiger partial charge on any atom is 0.152 e. The van der Waals surface area contributed by atoms with Gasteiger partial charge in [-0.1, -0.05) is 35.0 Å². The smallest absolute Gasteiger partial charge is 0.152 e. The van der Waals surface area contributed by atoms with Gasteiger partial charge in [0.2, 0.25) is 0 Å². The van der Waals surface area contributed by atoms with Crippen LogP contribution in [0.15, 0.2) is 58.2 Å². The molecule has 3 rings (SSSR count). The molecule has 1 aliphatic rings. The Bertz CT molecular complexity index is 798. The highest BCUT2D eigenvalue weighted by Gasteiger charge is 2.25. The van der Waals surface area contributed by atoms with Gasteiger partial charge in [0.05, 0.1) is 12.8 Å². The van der Waals surface area contributed by atoms with E-state index in [2.05, 4.69) is 48.1 Å². The molecule has 1 atom stereocenters. The number of ether oxygens (including phenoxy) is 1. The van der Waals surface area contributed by atoms with Crippen LogP contribution in [0, 0.1) is 0 Å². The summed E-state index contributed by atoms with van der Waals surface area (Å²) in [5.41, 5.74) is 2.18. The average molecular weight is 410 g/mol. The second-order valence-electron chi connectivity index (χ2n) is 6.44. The molecule has 26 heavy (non-hydrogen) atoms. The molecule has 0 spiro atoms. The van der Waals surface area contributed by atoms with E-state index >= 15 is 0 Å². The number of hydrogen-bond acceptors (Lipinski definition) is 4. The summed E-state index contributed by atoms with van der Waals surface area (Å²) >= 11 is 13.9. The third kappa shape index (κ3) is 4.86. The van der Waals surface area contributed by atoms with Crippen molar-refractivity contribution < 1.29 is 4.74 Å². The van der Waals surface area contributed by atoms with Crippen molar-refractivity contribution in [3.8, 4) is 0 Å². The van der Waals surface area contributed by atoms with Gasteiger partial charge in [0.15, 0.2) is 6.23 Å². The van der Waals surface area contributed by atoms with Gasteiger partial charge in [-0.25, -0.2) is 0 Å². The lowest BCUT2D eigenvalue weighted by Crippen LogP contribution is -2.40. The first-order chi connectivity index (χ1) is 12.4. The number of rotatable bonds is 6. The molecular weight excluding hydrogens is 389 g/mol. The second kappa shape index (κ2) is 8.53. The fourth-order valence-electron chi connectivity index (χ4n) is 2.73. The molecule has 0 amide bonds. The molecule has 1 aromatic carbocycles. The molecule has 138 valence electrons. The monoisotopic (exact) mass is 409 g/mol.